The Labute approximate surface area is 112 Å². The summed E-state index contributed by atoms with van der Waals surface area (Å²) in [5.74, 6) is 0.920. The standard InChI is InChI=1S/C14H20IN/c1-12-13(7-5-6-10-15)11-16(12)14-8-3-2-4-9-14/h2-4,8-9,12-13H,5-7,10-11H2,1H3/t12-,13+/m1/s1. The van der Waals surface area contributed by atoms with Crippen molar-refractivity contribution in [3.8, 4) is 0 Å². The summed E-state index contributed by atoms with van der Waals surface area (Å²) in [6.45, 7) is 3.62. The summed E-state index contributed by atoms with van der Waals surface area (Å²) in [5.41, 5.74) is 1.39. The van der Waals surface area contributed by atoms with Gasteiger partial charge in [-0.15, -0.1) is 0 Å². The van der Waals surface area contributed by atoms with Gasteiger partial charge in [-0.05, 0) is 42.2 Å². The van der Waals surface area contributed by atoms with E-state index in [1.807, 2.05) is 0 Å². The number of nitrogens with zero attached hydrogens (tertiary/aromatic N) is 1. The second-order valence-electron chi connectivity index (χ2n) is 4.67. The monoisotopic (exact) mass is 329 g/mol. The first-order valence-corrected chi connectivity index (χ1v) is 7.73. The van der Waals surface area contributed by atoms with Crippen LogP contribution in [0.4, 0.5) is 5.69 Å². The molecule has 0 radical (unpaired) electrons. The van der Waals surface area contributed by atoms with E-state index in [1.165, 1.54) is 35.9 Å². The third kappa shape index (κ3) is 2.70. The van der Waals surface area contributed by atoms with Crippen LogP contribution in [0.2, 0.25) is 0 Å². The molecule has 0 saturated carbocycles. The van der Waals surface area contributed by atoms with Gasteiger partial charge in [0.05, 0.1) is 0 Å². The molecule has 1 nitrogen and oxygen atoms in total. The lowest BCUT2D eigenvalue weighted by Gasteiger charge is -2.48. The minimum atomic E-state index is 0.733. The van der Waals surface area contributed by atoms with Crippen molar-refractivity contribution >= 4 is 28.3 Å². The SMILES string of the molecule is C[C@@H]1[C@@H](CCCCI)CN1c1ccccc1. The maximum atomic E-state index is 2.52. The molecule has 1 saturated heterocycles. The first-order valence-electron chi connectivity index (χ1n) is 6.20. The van der Waals surface area contributed by atoms with Crippen LogP contribution in [0, 0.1) is 5.92 Å². The number of hydrogen-bond donors (Lipinski definition) is 0. The summed E-state index contributed by atoms with van der Waals surface area (Å²) >= 11 is 2.47. The minimum Gasteiger partial charge on any atom is -0.368 e. The first-order chi connectivity index (χ1) is 7.83. The van der Waals surface area contributed by atoms with E-state index >= 15 is 0 Å². The molecule has 2 atom stereocenters. The molecule has 2 rings (SSSR count). The van der Waals surface area contributed by atoms with Crippen molar-refractivity contribution in [2.45, 2.75) is 32.2 Å². The van der Waals surface area contributed by atoms with Crippen LogP contribution in [0.25, 0.3) is 0 Å². The van der Waals surface area contributed by atoms with Gasteiger partial charge in [-0.2, -0.15) is 0 Å². The fraction of sp³-hybridized carbons (Fsp3) is 0.571. The molecule has 0 bridgehead atoms. The lowest BCUT2D eigenvalue weighted by molar-refractivity contribution is 0.287. The van der Waals surface area contributed by atoms with Crippen molar-refractivity contribution in [2.24, 2.45) is 5.92 Å². The average Bonchev–Trinajstić information content (AvgIpc) is 2.33. The molecule has 1 heterocycles. The molecule has 0 unspecified atom stereocenters. The highest BCUT2D eigenvalue weighted by Gasteiger charge is 2.34. The molecular formula is C14H20IN. The van der Waals surface area contributed by atoms with Gasteiger partial charge in [0.15, 0.2) is 0 Å². The molecule has 0 amide bonds. The summed E-state index contributed by atoms with van der Waals surface area (Å²) in [4.78, 5) is 2.52. The number of anilines is 1. The van der Waals surface area contributed by atoms with Crippen LogP contribution in [-0.4, -0.2) is 17.0 Å². The van der Waals surface area contributed by atoms with E-state index in [0.29, 0.717) is 0 Å². The number of halogens is 1. The van der Waals surface area contributed by atoms with Gasteiger partial charge in [0.2, 0.25) is 0 Å². The number of benzene rings is 1. The van der Waals surface area contributed by atoms with E-state index in [-0.39, 0.29) is 0 Å². The minimum absolute atomic E-state index is 0.733. The Kier molecular flexibility index (Phi) is 4.50. The van der Waals surface area contributed by atoms with Crippen molar-refractivity contribution < 1.29 is 0 Å². The average molecular weight is 329 g/mol. The maximum absolute atomic E-state index is 2.52. The second kappa shape index (κ2) is 5.89. The van der Waals surface area contributed by atoms with Crippen molar-refractivity contribution in [3.05, 3.63) is 30.3 Å². The van der Waals surface area contributed by atoms with Gasteiger partial charge >= 0.3 is 0 Å². The molecule has 88 valence electrons. The Balaban J connectivity index is 1.81. The quantitative estimate of drug-likeness (QED) is 0.446. The van der Waals surface area contributed by atoms with Crippen molar-refractivity contribution in [1.82, 2.24) is 0 Å². The van der Waals surface area contributed by atoms with Crippen LogP contribution in [0.1, 0.15) is 26.2 Å². The highest BCUT2D eigenvalue weighted by Crippen LogP contribution is 2.33. The molecule has 0 aliphatic carbocycles. The topological polar surface area (TPSA) is 3.24 Å². The smallest absolute Gasteiger partial charge is 0.0368 e. The Morgan fingerprint density at radius 3 is 2.62 bits per heavy atom. The van der Waals surface area contributed by atoms with Crippen LogP contribution in [0.5, 0.6) is 0 Å². The largest absolute Gasteiger partial charge is 0.368 e. The third-order valence-electron chi connectivity index (χ3n) is 3.65. The number of para-hydroxylation sites is 1. The highest BCUT2D eigenvalue weighted by atomic mass is 127. The number of alkyl halides is 1. The first kappa shape index (κ1) is 12.2. The molecule has 0 N–H and O–H groups in total. The van der Waals surface area contributed by atoms with Gasteiger partial charge in [-0.25, -0.2) is 0 Å². The van der Waals surface area contributed by atoms with Crippen LogP contribution in [0.3, 0.4) is 0 Å². The molecule has 16 heavy (non-hydrogen) atoms. The van der Waals surface area contributed by atoms with Crippen LogP contribution >= 0.6 is 22.6 Å². The van der Waals surface area contributed by atoms with Crippen LogP contribution in [-0.2, 0) is 0 Å². The van der Waals surface area contributed by atoms with E-state index in [2.05, 4.69) is 64.7 Å². The molecule has 1 aliphatic rings. The van der Waals surface area contributed by atoms with Gasteiger partial charge in [0.25, 0.3) is 0 Å². The molecule has 2 heteroatoms. The zero-order chi connectivity index (χ0) is 11.4. The number of rotatable bonds is 5. The molecule has 0 spiro atoms. The fourth-order valence-electron chi connectivity index (χ4n) is 2.48. The number of hydrogen-bond acceptors (Lipinski definition) is 1. The summed E-state index contributed by atoms with van der Waals surface area (Å²) < 4.78 is 1.31. The fourth-order valence-corrected chi connectivity index (χ4v) is 3.02. The summed E-state index contributed by atoms with van der Waals surface area (Å²) in [5, 5.41) is 0. The van der Waals surface area contributed by atoms with Crippen LogP contribution < -0.4 is 4.90 Å². The Bertz CT molecular complexity index is 312. The van der Waals surface area contributed by atoms with Crippen molar-refractivity contribution in [3.63, 3.8) is 0 Å². The van der Waals surface area contributed by atoms with E-state index in [0.717, 1.165) is 12.0 Å². The predicted molar refractivity (Wildman–Crippen MR) is 79.5 cm³/mol. The summed E-state index contributed by atoms with van der Waals surface area (Å²) in [6.07, 6.45) is 4.20. The molecule has 1 aromatic rings. The van der Waals surface area contributed by atoms with E-state index in [9.17, 15) is 0 Å². The van der Waals surface area contributed by atoms with Gasteiger partial charge in [0.1, 0.15) is 0 Å². The second-order valence-corrected chi connectivity index (χ2v) is 5.75. The summed E-state index contributed by atoms with van der Waals surface area (Å²) in [6, 6.07) is 11.5. The van der Waals surface area contributed by atoms with Crippen molar-refractivity contribution in [2.75, 3.05) is 15.9 Å². The summed E-state index contributed by atoms with van der Waals surface area (Å²) in [7, 11) is 0. The molecule has 1 aliphatic heterocycles. The lowest BCUT2D eigenvalue weighted by atomic mass is 9.85. The van der Waals surface area contributed by atoms with Crippen LogP contribution in [0.15, 0.2) is 30.3 Å². The lowest BCUT2D eigenvalue weighted by Crippen LogP contribution is -2.54. The van der Waals surface area contributed by atoms with Gasteiger partial charge < -0.3 is 4.90 Å². The van der Waals surface area contributed by atoms with Gasteiger partial charge in [0, 0.05) is 18.3 Å². The zero-order valence-corrected chi connectivity index (χ0v) is 12.1. The Morgan fingerprint density at radius 1 is 1.25 bits per heavy atom. The van der Waals surface area contributed by atoms with Crippen molar-refractivity contribution in [1.29, 1.82) is 0 Å². The van der Waals surface area contributed by atoms with Gasteiger partial charge in [-0.3, -0.25) is 0 Å². The zero-order valence-electron chi connectivity index (χ0n) is 9.90. The molecule has 0 aromatic heterocycles. The van der Waals surface area contributed by atoms with E-state index in [1.54, 1.807) is 0 Å². The predicted octanol–water partition coefficient (Wildman–Crippen LogP) is 4.12. The third-order valence-corrected chi connectivity index (χ3v) is 4.41. The van der Waals surface area contributed by atoms with E-state index in [4.69, 9.17) is 0 Å². The molecule has 1 fully saturated rings. The Hall–Kier alpha value is -0.250. The molecule has 1 aromatic carbocycles. The molecular weight excluding hydrogens is 309 g/mol. The van der Waals surface area contributed by atoms with E-state index < -0.39 is 0 Å². The number of unbranched alkanes of at least 4 members (excludes halogenated alkanes) is 1. The maximum Gasteiger partial charge on any atom is 0.0368 e. The Morgan fingerprint density at radius 2 is 2.00 bits per heavy atom. The highest BCUT2D eigenvalue weighted by molar-refractivity contribution is 14.1. The van der Waals surface area contributed by atoms with Gasteiger partial charge in [-0.1, -0.05) is 47.2 Å². The normalized spacial score (nSPS) is 24.2.